The van der Waals surface area contributed by atoms with Crippen molar-refractivity contribution >= 4 is 11.7 Å². The summed E-state index contributed by atoms with van der Waals surface area (Å²) < 4.78 is 31.6. The molecule has 1 aliphatic heterocycles. The van der Waals surface area contributed by atoms with E-state index in [0.717, 1.165) is 18.7 Å². The molecule has 3 rings (SSSR count). The molecule has 0 bridgehead atoms. The number of anilines is 1. The van der Waals surface area contributed by atoms with Crippen molar-refractivity contribution in [2.75, 3.05) is 38.2 Å². The normalized spacial score (nSPS) is 16.1. The number of carbonyl (C=O) groups excluding carboxylic acids is 1. The predicted molar refractivity (Wildman–Crippen MR) is 95.0 cm³/mol. The average Bonchev–Trinajstić information content (AvgIpc) is 2.66. The molecule has 2 aromatic carbocycles. The van der Waals surface area contributed by atoms with Gasteiger partial charge in [-0.25, -0.2) is 13.6 Å². The maximum Gasteiger partial charge on any atom is 0.319 e. The highest BCUT2D eigenvalue weighted by Crippen LogP contribution is 2.21. The Morgan fingerprint density at radius 2 is 1.58 bits per heavy atom. The number of nitrogens with one attached hydrogen (secondary N) is 2. The molecule has 138 valence electrons. The number of amides is 2. The fourth-order valence-corrected chi connectivity index (χ4v) is 2.93. The van der Waals surface area contributed by atoms with E-state index in [1.165, 1.54) is 36.4 Å². The van der Waals surface area contributed by atoms with Crippen molar-refractivity contribution in [3.8, 4) is 0 Å². The van der Waals surface area contributed by atoms with Crippen LogP contribution in [0.5, 0.6) is 0 Å². The van der Waals surface area contributed by atoms with E-state index < -0.39 is 0 Å². The lowest BCUT2D eigenvalue weighted by Gasteiger charge is -2.34. The van der Waals surface area contributed by atoms with Crippen LogP contribution < -0.4 is 10.6 Å². The van der Waals surface area contributed by atoms with E-state index in [0.29, 0.717) is 25.4 Å². The first-order valence-corrected chi connectivity index (χ1v) is 8.49. The maximum atomic E-state index is 13.2. The number of morpholine rings is 1. The van der Waals surface area contributed by atoms with Gasteiger partial charge in [0.1, 0.15) is 11.6 Å². The number of hydrogen-bond donors (Lipinski definition) is 2. The van der Waals surface area contributed by atoms with Crippen molar-refractivity contribution < 1.29 is 18.3 Å². The van der Waals surface area contributed by atoms with Crippen LogP contribution in [0.25, 0.3) is 0 Å². The molecule has 0 aromatic heterocycles. The van der Waals surface area contributed by atoms with Crippen LogP contribution in [0.2, 0.25) is 0 Å². The minimum absolute atomic E-state index is 0.0848. The molecule has 0 spiro atoms. The molecule has 1 saturated heterocycles. The first-order chi connectivity index (χ1) is 12.6. The van der Waals surface area contributed by atoms with E-state index in [4.69, 9.17) is 4.74 Å². The monoisotopic (exact) mass is 361 g/mol. The fraction of sp³-hybridized carbons (Fsp3) is 0.316. The van der Waals surface area contributed by atoms with Gasteiger partial charge < -0.3 is 15.4 Å². The van der Waals surface area contributed by atoms with Gasteiger partial charge in [0.25, 0.3) is 0 Å². The predicted octanol–water partition coefficient (Wildman–Crippen LogP) is 3.16. The molecule has 26 heavy (non-hydrogen) atoms. The number of urea groups is 1. The van der Waals surface area contributed by atoms with Crippen LogP contribution >= 0.6 is 0 Å². The van der Waals surface area contributed by atoms with Crippen molar-refractivity contribution in [2.24, 2.45) is 0 Å². The molecular formula is C19H21F2N3O2. The Bertz CT molecular complexity index is 717. The lowest BCUT2D eigenvalue weighted by atomic mass is 10.0. The summed E-state index contributed by atoms with van der Waals surface area (Å²) in [5, 5.41) is 5.50. The first kappa shape index (κ1) is 18.3. The summed E-state index contributed by atoms with van der Waals surface area (Å²) >= 11 is 0. The number of benzene rings is 2. The van der Waals surface area contributed by atoms with Gasteiger partial charge in [0, 0.05) is 25.3 Å². The van der Waals surface area contributed by atoms with Crippen molar-refractivity contribution in [1.82, 2.24) is 10.2 Å². The number of hydrogen-bond acceptors (Lipinski definition) is 3. The third-order valence-corrected chi connectivity index (χ3v) is 4.30. The Morgan fingerprint density at radius 1 is 1.00 bits per heavy atom. The summed E-state index contributed by atoms with van der Waals surface area (Å²) in [4.78, 5) is 14.4. The number of rotatable bonds is 5. The Morgan fingerprint density at radius 3 is 2.19 bits per heavy atom. The van der Waals surface area contributed by atoms with Crippen LogP contribution in [-0.2, 0) is 4.74 Å². The molecule has 1 aliphatic rings. The Balaban J connectivity index is 1.64. The number of carbonyl (C=O) groups is 1. The molecule has 1 heterocycles. The van der Waals surface area contributed by atoms with Crippen molar-refractivity contribution in [3.05, 3.63) is 65.7 Å². The smallest absolute Gasteiger partial charge is 0.319 e. The Kier molecular flexibility index (Phi) is 6.14. The third-order valence-electron chi connectivity index (χ3n) is 4.30. The quantitative estimate of drug-likeness (QED) is 0.860. The summed E-state index contributed by atoms with van der Waals surface area (Å²) in [6.07, 6.45) is 0. The molecule has 1 fully saturated rings. The molecule has 7 heteroatoms. The Hall–Kier alpha value is -2.51. The molecule has 0 aliphatic carbocycles. The van der Waals surface area contributed by atoms with Crippen LogP contribution in [-0.4, -0.2) is 43.8 Å². The number of ether oxygens (including phenoxy) is 1. The van der Waals surface area contributed by atoms with Crippen LogP contribution in [0.1, 0.15) is 11.6 Å². The summed E-state index contributed by atoms with van der Waals surface area (Å²) in [7, 11) is 0. The summed E-state index contributed by atoms with van der Waals surface area (Å²) in [6, 6.07) is 11.4. The molecule has 2 amide bonds. The standard InChI is InChI=1S/C19H21F2N3O2/c20-15-3-1-14(2-4-15)18(24-9-11-26-12-10-24)13-22-19(25)23-17-7-5-16(21)6-8-17/h1-8,18H,9-13H2,(H2,22,23,25). The van der Waals surface area contributed by atoms with Gasteiger partial charge in [0.15, 0.2) is 0 Å². The van der Waals surface area contributed by atoms with E-state index >= 15 is 0 Å². The van der Waals surface area contributed by atoms with Crippen LogP contribution in [0.4, 0.5) is 19.3 Å². The summed E-state index contributed by atoms with van der Waals surface area (Å²) in [5.74, 6) is -0.656. The van der Waals surface area contributed by atoms with Crippen molar-refractivity contribution in [3.63, 3.8) is 0 Å². The molecule has 5 nitrogen and oxygen atoms in total. The van der Waals surface area contributed by atoms with E-state index in [-0.39, 0.29) is 23.7 Å². The van der Waals surface area contributed by atoms with Gasteiger partial charge in [0.2, 0.25) is 0 Å². The lowest BCUT2D eigenvalue weighted by Crippen LogP contribution is -2.44. The van der Waals surface area contributed by atoms with E-state index in [1.54, 1.807) is 12.1 Å². The largest absolute Gasteiger partial charge is 0.379 e. The van der Waals surface area contributed by atoms with Gasteiger partial charge in [-0.1, -0.05) is 12.1 Å². The zero-order valence-electron chi connectivity index (χ0n) is 14.3. The van der Waals surface area contributed by atoms with Gasteiger partial charge in [0.05, 0.1) is 19.3 Å². The van der Waals surface area contributed by atoms with Gasteiger partial charge in [-0.15, -0.1) is 0 Å². The summed E-state index contributed by atoms with van der Waals surface area (Å²) in [6.45, 7) is 3.09. The van der Waals surface area contributed by atoms with Gasteiger partial charge >= 0.3 is 6.03 Å². The minimum atomic E-state index is -0.378. The van der Waals surface area contributed by atoms with Crippen LogP contribution in [0.15, 0.2) is 48.5 Å². The van der Waals surface area contributed by atoms with E-state index in [9.17, 15) is 13.6 Å². The second kappa shape index (κ2) is 8.73. The number of nitrogens with zero attached hydrogens (tertiary/aromatic N) is 1. The molecule has 1 unspecified atom stereocenters. The molecule has 1 atom stereocenters. The van der Waals surface area contributed by atoms with Crippen LogP contribution in [0.3, 0.4) is 0 Å². The topological polar surface area (TPSA) is 53.6 Å². The Labute approximate surface area is 151 Å². The SMILES string of the molecule is O=C(NCC(c1ccc(F)cc1)N1CCOCC1)Nc1ccc(F)cc1. The minimum Gasteiger partial charge on any atom is -0.379 e. The molecule has 2 N–H and O–H groups in total. The second-order valence-electron chi connectivity index (χ2n) is 6.06. The van der Waals surface area contributed by atoms with Gasteiger partial charge in [-0.05, 0) is 42.0 Å². The third kappa shape index (κ3) is 5.00. The van der Waals surface area contributed by atoms with Crippen molar-refractivity contribution in [2.45, 2.75) is 6.04 Å². The molecule has 2 aromatic rings. The molecule has 0 saturated carbocycles. The average molecular weight is 361 g/mol. The first-order valence-electron chi connectivity index (χ1n) is 8.49. The fourth-order valence-electron chi connectivity index (χ4n) is 2.93. The zero-order chi connectivity index (χ0) is 18.4. The highest BCUT2D eigenvalue weighted by Gasteiger charge is 2.23. The zero-order valence-corrected chi connectivity index (χ0v) is 14.3. The molecule has 0 radical (unpaired) electrons. The lowest BCUT2D eigenvalue weighted by molar-refractivity contribution is 0.0167. The van der Waals surface area contributed by atoms with E-state index in [2.05, 4.69) is 15.5 Å². The highest BCUT2D eigenvalue weighted by atomic mass is 19.1. The van der Waals surface area contributed by atoms with E-state index in [1.807, 2.05) is 0 Å². The highest BCUT2D eigenvalue weighted by molar-refractivity contribution is 5.89. The van der Waals surface area contributed by atoms with Crippen molar-refractivity contribution in [1.29, 1.82) is 0 Å². The second-order valence-corrected chi connectivity index (χ2v) is 6.06. The van der Waals surface area contributed by atoms with Gasteiger partial charge in [-0.2, -0.15) is 0 Å². The number of halogens is 2. The maximum absolute atomic E-state index is 13.2. The molecular weight excluding hydrogens is 340 g/mol. The summed E-state index contributed by atoms with van der Waals surface area (Å²) in [5.41, 5.74) is 1.43. The van der Waals surface area contributed by atoms with Crippen LogP contribution in [0, 0.1) is 11.6 Å². The van der Waals surface area contributed by atoms with Gasteiger partial charge in [-0.3, -0.25) is 4.90 Å².